The Balaban J connectivity index is 2.00. The first-order valence-electron chi connectivity index (χ1n) is 7.21. The molecule has 0 fully saturated rings. The Hall–Kier alpha value is -2.96. The summed E-state index contributed by atoms with van der Waals surface area (Å²) in [6.07, 6.45) is -0.565. The predicted molar refractivity (Wildman–Crippen MR) is 89.1 cm³/mol. The van der Waals surface area contributed by atoms with E-state index in [1.54, 1.807) is 12.1 Å². The molecule has 7 heteroatoms. The first-order valence-corrected chi connectivity index (χ1v) is 7.21. The summed E-state index contributed by atoms with van der Waals surface area (Å²) in [5.41, 5.74) is 6.97. The van der Waals surface area contributed by atoms with Crippen LogP contribution in [0.3, 0.4) is 0 Å². The molecule has 1 heterocycles. The zero-order valence-electron chi connectivity index (χ0n) is 13.1. The van der Waals surface area contributed by atoms with Crippen molar-refractivity contribution in [3.63, 3.8) is 0 Å². The van der Waals surface area contributed by atoms with Gasteiger partial charge in [-0.25, -0.2) is 9.78 Å². The van der Waals surface area contributed by atoms with Gasteiger partial charge in [0.2, 0.25) is 0 Å². The average molecular weight is 313 g/mol. The Bertz CT molecular complexity index is 686. The van der Waals surface area contributed by atoms with Crippen LogP contribution in [0.2, 0.25) is 0 Å². The highest BCUT2D eigenvalue weighted by atomic mass is 16.5. The van der Waals surface area contributed by atoms with Gasteiger partial charge in [-0.1, -0.05) is 32.0 Å². The van der Waals surface area contributed by atoms with E-state index in [9.17, 15) is 4.79 Å². The van der Waals surface area contributed by atoms with Crippen LogP contribution in [0.15, 0.2) is 52.7 Å². The van der Waals surface area contributed by atoms with Gasteiger partial charge in [0.15, 0.2) is 5.82 Å². The molecule has 0 bridgehead atoms. The Morgan fingerprint density at radius 1 is 1.22 bits per heavy atom. The molecule has 2 aromatic rings. The van der Waals surface area contributed by atoms with Gasteiger partial charge in [0.1, 0.15) is 11.5 Å². The highest BCUT2D eigenvalue weighted by Crippen LogP contribution is 2.24. The van der Waals surface area contributed by atoms with Crippen LogP contribution >= 0.6 is 0 Å². The molecule has 0 spiro atoms. The number of nitrogens with one attached hydrogen (secondary N) is 1. The minimum Gasteiger partial charge on any atom is -0.449 e. The lowest BCUT2D eigenvalue weighted by atomic mass is 10.2. The summed E-state index contributed by atoms with van der Waals surface area (Å²) in [4.78, 5) is 15.6. The van der Waals surface area contributed by atoms with Crippen LogP contribution in [0, 0.1) is 5.92 Å². The predicted octanol–water partition coefficient (Wildman–Crippen LogP) is 4.28. The molecule has 3 N–H and O–H groups in total. The molecular formula is C16H19N5O2. The number of pyridine rings is 1. The van der Waals surface area contributed by atoms with E-state index in [2.05, 4.69) is 20.5 Å². The zero-order valence-corrected chi connectivity index (χ0v) is 13.1. The lowest BCUT2D eigenvalue weighted by Gasteiger charge is -2.08. The van der Waals surface area contributed by atoms with Crippen molar-refractivity contribution in [3.8, 4) is 0 Å². The second kappa shape index (κ2) is 7.88. The van der Waals surface area contributed by atoms with Crippen molar-refractivity contribution in [1.82, 2.24) is 4.98 Å². The molecule has 1 aromatic heterocycles. The highest BCUT2D eigenvalue weighted by Gasteiger charge is 2.07. The van der Waals surface area contributed by atoms with Crippen LogP contribution in [0.1, 0.15) is 13.8 Å². The topological polar surface area (TPSA) is 102 Å². The molecule has 23 heavy (non-hydrogen) atoms. The Morgan fingerprint density at radius 2 is 1.96 bits per heavy atom. The standard InChI is InChI=1S/C16H19N5O2/c1-11(2)10-23-16(22)19-14-9-8-13(15(17)18-14)21-20-12-6-4-3-5-7-12/h3-9,11H,10H2,1-2H3,(H3,17,18,19,22)/b21-20+. The maximum Gasteiger partial charge on any atom is 0.412 e. The molecule has 0 saturated heterocycles. The largest absolute Gasteiger partial charge is 0.449 e. The zero-order chi connectivity index (χ0) is 16.7. The average Bonchev–Trinajstić information content (AvgIpc) is 2.53. The molecule has 2 rings (SSSR count). The molecule has 0 unspecified atom stereocenters. The smallest absolute Gasteiger partial charge is 0.412 e. The normalized spacial score (nSPS) is 10.9. The number of hydrogen-bond donors (Lipinski definition) is 2. The number of carbonyl (C=O) groups is 1. The van der Waals surface area contributed by atoms with Crippen molar-refractivity contribution < 1.29 is 9.53 Å². The van der Waals surface area contributed by atoms with Crippen LogP contribution in [0.4, 0.5) is 27.8 Å². The SMILES string of the molecule is CC(C)COC(=O)Nc1ccc(/N=N/c2ccccc2)c(N)n1. The number of carbonyl (C=O) groups excluding carboxylic acids is 1. The van der Waals surface area contributed by atoms with Crippen molar-refractivity contribution in [3.05, 3.63) is 42.5 Å². The lowest BCUT2D eigenvalue weighted by Crippen LogP contribution is -2.17. The van der Waals surface area contributed by atoms with Crippen LogP contribution in [-0.4, -0.2) is 17.7 Å². The van der Waals surface area contributed by atoms with E-state index >= 15 is 0 Å². The Labute approximate surface area is 134 Å². The van der Waals surface area contributed by atoms with Gasteiger partial charge in [0.05, 0.1) is 12.3 Å². The number of ether oxygens (including phenoxy) is 1. The van der Waals surface area contributed by atoms with Gasteiger partial charge in [-0.2, -0.15) is 5.11 Å². The minimum absolute atomic E-state index is 0.173. The van der Waals surface area contributed by atoms with Crippen molar-refractivity contribution >= 4 is 29.1 Å². The van der Waals surface area contributed by atoms with Crippen LogP contribution < -0.4 is 11.1 Å². The summed E-state index contributed by atoms with van der Waals surface area (Å²) >= 11 is 0. The Morgan fingerprint density at radius 3 is 2.61 bits per heavy atom. The molecule has 0 aliphatic heterocycles. The van der Waals surface area contributed by atoms with E-state index < -0.39 is 6.09 Å². The molecule has 0 aliphatic carbocycles. The second-order valence-corrected chi connectivity index (χ2v) is 5.25. The monoisotopic (exact) mass is 313 g/mol. The number of benzene rings is 1. The molecule has 0 saturated carbocycles. The molecule has 0 atom stereocenters. The van der Waals surface area contributed by atoms with Crippen LogP contribution in [-0.2, 0) is 4.74 Å². The molecule has 0 aliphatic rings. The van der Waals surface area contributed by atoms with Crippen molar-refractivity contribution in [1.29, 1.82) is 0 Å². The first-order chi connectivity index (χ1) is 11.0. The van der Waals surface area contributed by atoms with Crippen LogP contribution in [0.5, 0.6) is 0 Å². The number of nitrogen functional groups attached to an aromatic ring is 1. The maximum absolute atomic E-state index is 11.6. The number of rotatable bonds is 5. The number of aromatic nitrogens is 1. The van der Waals surface area contributed by atoms with E-state index in [4.69, 9.17) is 10.5 Å². The second-order valence-electron chi connectivity index (χ2n) is 5.25. The van der Waals surface area contributed by atoms with Crippen LogP contribution in [0.25, 0.3) is 0 Å². The quantitative estimate of drug-likeness (QED) is 0.804. The van der Waals surface area contributed by atoms with Crippen molar-refractivity contribution in [2.45, 2.75) is 13.8 Å². The molecule has 1 amide bonds. The fourth-order valence-corrected chi connectivity index (χ4v) is 1.61. The number of hydrogen-bond acceptors (Lipinski definition) is 6. The number of anilines is 2. The third-order valence-electron chi connectivity index (χ3n) is 2.71. The summed E-state index contributed by atoms with van der Waals surface area (Å²) < 4.78 is 5.01. The third-order valence-corrected chi connectivity index (χ3v) is 2.71. The lowest BCUT2D eigenvalue weighted by molar-refractivity contribution is 0.147. The number of nitrogens with two attached hydrogens (primary N) is 1. The summed E-state index contributed by atoms with van der Waals surface area (Å²) in [6, 6.07) is 12.5. The molecule has 120 valence electrons. The number of amides is 1. The van der Waals surface area contributed by atoms with E-state index in [0.29, 0.717) is 23.8 Å². The summed E-state index contributed by atoms with van der Waals surface area (Å²) in [6.45, 7) is 4.25. The van der Waals surface area contributed by atoms with Gasteiger partial charge in [0, 0.05) is 0 Å². The minimum atomic E-state index is -0.565. The van der Waals surface area contributed by atoms with E-state index in [0.717, 1.165) is 0 Å². The first kappa shape index (κ1) is 16.4. The van der Waals surface area contributed by atoms with Gasteiger partial charge < -0.3 is 10.5 Å². The summed E-state index contributed by atoms with van der Waals surface area (Å²) in [7, 11) is 0. The van der Waals surface area contributed by atoms with E-state index in [1.807, 2.05) is 44.2 Å². The van der Waals surface area contributed by atoms with Gasteiger partial charge in [0.25, 0.3) is 0 Å². The van der Waals surface area contributed by atoms with Gasteiger partial charge in [-0.15, -0.1) is 5.11 Å². The van der Waals surface area contributed by atoms with Gasteiger partial charge in [-0.05, 0) is 30.2 Å². The Kier molecular flexibility index (Phi) is 5.62. The van der Waals surface area contributed by atoms with Gasteiger partial charge >= 0.3 is 6.09 Å². The summed E-state index contributed by atoms with van der Waals surface area (Å²) in [5, 5.41) is 10.6. The fourth-order valence-electron chi connectivity index (χ4n) is 1.61. The molecule has 7 nitrogen and oxygen atoms in total. The number of azo groups is 1. The van der Waals surface area contributed by atoms with Gasteiger partial charge in [-0.3, -0.25) is 5.32 Å². The molecule has 0 radical (unpaired) electrons. The van der Waals surface area contributed by atoms with E-state index in [-0.39, 0.29) is 11.7 Å². The van der Waals surface area contributed by atoms with Crippen molar-refractivity contribution in [2.24, 2.45) is 16.1 Å². The molecular weight excluding hydrogens is 294 g/mol. The van der Waals surface area contributed by atoms with Crippen molar-refractivity contribution in [2.75, 3.05) is 17.7 Å². The number of nitrogens with zero attached hydrogens (tertiary/aromatic N) is 3. The summed E-state index contributed by atoms with van der Waals surface area (Å²) in [5.74, 6) is 0.737. The maximum atomic E-state index is 11.6. The third kappa shape index (κ3) is 5.39. The molecule has 1 aromatic carbocycles. The fraction of sp³-hybridized carbons (Fsp3) is 0.250. The van der Waals surface area contributed by atoms with E-state index in [1.165, 1.54) is 0 Å². The highest BCUT2D eigenvalue weighted by molar-refractivity contribution is 5.84.